The summed E-state index contributed by atoms with van der Waals surface area (Å²) >= 11 is 0. The monoisotopic (exact) mass is 278 g/mol. The summed E-state index contributed by atoms with van der Waals surface area (Å²) in [6, 6.07) is 0. The van der Waals surface area contributed by atoms with E-state index in [1.54, 1.807) is 27.7 Å². The second kappa shape index (κ2) is 5.49. The third kappa shape index (κ3) is 3.76. The quantitative estimate of drug-likeness (QED) is 0.535. The van der Waals surface area contributed by atoms with Crippen molar-refractivity contribution >= 4 is 0 Å². The van der Waals surface area contributed by atoms with Gasteiger partial charge in [-0.2, -0.15) is 13.2 Å². The lowest BCUT2D eigenvalue weighted by atomic mass is 9.53. The van der Waals surface area contributed by atoms with E-state index in [4.69, 9.17) is 0 Å². The second-order valence-corrected chi connectivity index (χ2v) is 7.71. The predicted octanol–water partition coefficient (Wildman–Crippen LogP) is 6.23. The maximum Gasteiger partial charge on any atom is 0.395 e. The van der Waals surface area contributed by atoms with E-state index >= 15 is 0 Å². The standard InChI is InChI=1S/C16H29F3/c1-9-12(10-2)15(14(6,7)8,16(17,18)19)11-13(3,4)5/h9,12H,1,10-11H2,2-8H3. The van der Waals surface area contributed by atoms with Gasteiger partial charge < -0.3 is 0 Å². The first kappa shape index (κ1) is 18.5. The molecular weight excluding hydrogens is 249 g/mol. The fourth-order valence-electron chi connectivity index (χ4n) is 3.24. The van der Waals surface area contributed by atoms with E-state index in [2.05, 4.69) is 6.58 Å². The van der Waals surface area contributed by atoms with Crippen LogP contribution in [-0.4, -0.2) is 6.18 Å². The van der Waals surface area contributed by atoms with Gasteiger partial charge in [-0.25, -0.2) is 0 Å². The van der Waals surface area contributed by atoms with E-state index in [9.17, 15) is 13.2 Å². The van der Waals surface area contributed by atoms with Gasteiger partial charge >= 0.3 is 6.18 Å². The first-order valence-electron chi connectivity index (χ1n) is 6.92. The van der Waals surface area contributed by atoms with Crippen LogP contribution in [0.15, 0.2) is 12.7 Å². The molecule has 0 radical (unpaired) electrons. The normalized spacial score (nSPS) is 18.8. The Bertz CT molecular complexity index is 285. The molecule has 0 bridgehead atoms. The molecule has 0 aliphatic heterocycles. The zero-order chi connectivity index (χ0) is 15.7. The van der Waals surface area contributed by atoms with E-state index < -0.39 is 22.9 Å². The lowest BCUT2D eigenvalue weighted by Gasteiger charge is -2.52. The summed E-state index contributed by atoms with van der Waals surface area (Å²) in [5.41, 5.74) is -3.00. The SMILES string of the molecule is C=CC(CC)C(CC(C)(C)C)(C(C)(C)C)C(F)(F)F. The third-order valence-electron chi connectivity index (χ3n) is 4.01. The van der Waals surface area contributed by atoms with Gasteiger partial charge in [-0.05, 0) is 29.6 Å². The van der Waals surface area contributed by atoms with Gasteiger partial charge in [-0.3, -0.25) is 0 Å². The molecule has 0 saturated carbocycles. The molecule has 0 aromatic rings. The highest BCUT2D eigenvalue weighted by Gasteiger charge is 2.64. The fraction of sp³-hybridized carbons (Fsp3) is 0.875. The van der Waals surface area contributed by atoms with Crippen molar-refractivity contribution in [3.8, 4) is 0 Å². The minimum absolute atomic E-state index is 0.109. The number of hydrogen-bond acceptors (Lipinski definition) is 0. The Hall–Kier alpha value is -0.470. The molecule has 0 fully saturated rings. The highest BCUT2D eigenvalue weighted by atomic mass is 19.4. The molecule has 0 N–H and O–H groups in total. The molecule has 0 aliphatic carbocycles. The molecule has 0 spiro atoms. The van der Waals surface area contributed by atoms with Crippen molar-refractivity contribution in [1.29, 1.82) is 0 Å². The number of halogens is 3. The van der Waals surface area contributed by atoms with Gasteiger partial charge in [0.05, 0.1) is 5.41 Å². The maximum atomic E-state index is 14.0. The van der Waals surface area contributed by atoms with E-state index in [0.717, 1.165) is 0 Å². The molecule has 3 heteroatoms. The number of alkyl halides is 3. The van der Waals surface area contributed by atoms with Crippen molar-refractivity contribution < 1.29 is 13.2 Å². The van der Waals surface area contributed by atoms with Crippen LogP contribution in [0.1, 0.15) is 61.3 Å². The molecule has 0 aliphatic rings. The summed E-state index contributed by atoms with van der Waals surface area (Å²) in [6.45, 7) is 16.2. The van der Waals surface area contributed by atoms with E-state index in [1.165, 1.54) is 6.08 Å². The largest absolute Gasteiger partial charge is 0.395 e. The Morgan fingerprint density at radius 2 is 1.42 bits per heavy atom. The van der Waals surface area contributed by atoms with Crippen LogP contribution in [0.25, 0.3) is 0 Å². The molecule has 0 amide bonds. The van der Waals surface area contributed by atoms with Gasteiger partial charge in [-0.15, -0.1) is 6.58 Å². The lowest BCUT2D eigenvalue weighted by molar-refractivity contribution is -0.283. The van der Waals surface area contributed by atoms with Crippen LogP contribution in [0.3, 0.4) is 0 Å². The molecular formula is C16H29F3. The molecule has 19 heavy (non-hydrogen) atoms. The van der Waals surface area contributed by atoms with Gasteiger partial charge in [0, 0.05) is 0 Å². The summed E-state index contributed by atoms with van der Waals surface area (Å²) in [6.07, 6.45) is -2.19. The van der Waals surface area contributed by atoms with Gasteiger partial charge in [0.2, 0.25) is 0 Å². The van der Waals surface area contributed by atoms with E-state index in [1.807, 2.05) is 20.8 Å². The molecule has 0 rings (SSSR count). The van der Waals surface area contributed by atoms with Gasteiger partial charge in [0.25, 0.3) is 0 Å². The van der Waals surface area contributed by atoms with Crippen molar-refractivity contribution in [1.82, 2.24) is 0 Å². The van der Waals surface area contributed by atoms with Gasteiger partial charge in [0.15, 0.2) is 0 Å². The van der Waals surface area contributed by atoms with Crippen molar-refractivity contribution in [3.05, 3.63) is 12.7 Å². The lowest BCUT2D eigenvalue weighted by Crippen LogP contribution is -2.54. The van der Waals surface area contributed by atoms with Crippen molar-refractivity contribution in [3.63, 3.8) is 0 Å². The van der Waals surface area contributed by atoms with E-state index in [0.29, 0.717) is 6.42 Å². The minimum atomic E-state index is -4.24. The van der Waals surface area contributed by atoms with Crippen LogP contribution < -0.4 is 0 Å². The predicted molar refractivity (Wildman–Crippen MR) is 76.0 cm³/mol. The van der Waals surface area contributed by atoms with Crippen molar-refractivity contribution in [2.24, 2.45) is 22.2 Å². The van der Waals surface area contributed by atoms with Crippen LogP contribution in [0, 0.1) is 22.2 Å². The Morgan fingerprint density at radius 1 is 1.00 bits per heavy atom. The van der Waals surface area contributed by atoms with Gasteiger partial charge in [-0.1, -0.05) is 54.5 Å². The summed E-state index contributed by atoms with van der Waals surface area (Å²) in [7, 11) is 0. The highest BCUT2D eigenvalue weighted by molar-refractivity contribution is 5.06. The molecule has 0 aromatic heterocycles. The van der Waals surface area contributed by atoms with Crippen molar-refractivity contribution in [2.75, 3.05) is 0 Å². The maximum absolute atomic E-state index is 14.0. The first-order valence-corrected chi connectivity index (χ1v) is 6.92. The molecule has 2 atom stereocenters. The first-order chi connectivity index (χ1) is 8.23. The van der Waals surface area contributed by atoms with Gasteiger partial charge in [0.1, 0.15) is 0 Å². The Balaban J connectivity index is 6.12. The van der Waals surface area contributed by atoms with E-state index in [-0.39, 0.29) is 11.8 Å². The van der Waals surface area contributed by atoms with Crippen LogP contribution in [0.4, 0.5) is 13.2 Å². The van der Waals surface area contributed by atoms with Crippen molar-refractivity contribution in [2.45, 2.75) is 67.5 Å². The summed E-state index contributed by atoms with van der Waals surface area (Å²) in [5.74, 6) is -0.563. The summed E-state index contributed by atoms with van der Waals surface area (Å²) in [5, 5.41) is 0. The number of allylic oxidation sites excluding steroid dienone is 1. The zero-order valence-electron chi connectivity index (χ0n) is 13.4. The smallest absolute Gasteiger partial charge is 0.170 e. The molecule has 2 unspecified atom stereocenters. The molecule has 0 heterocycles. The Morgan fingerprint density at radius 3 is 1.58 bits per heavy atom. The molecule has 114 valence electrons. The average molecular weight is 278 g/mol. The van der Waals surface area contributed by atoms with Crippen LogP contribution >= 0.6 is 0 Å². The minimum Gasteiger partial charge on any atom is -0.170 e. The van der Waals surface area contributed by atoms with Crippen LogP contribution in [0.2, 0.25) is 0 Å². The highest BCUT2D eigenvalue weighted by Crippen LogP contribution is 2.61. The Kier molecular flexibility index (Phi) is 5.36. The second-order valence-electron chi connectivity index (χ2n) is 7.71. The molecule has 0 aromatic carbocycles. The zero-order valence-corrected chi connectivity index (χ0v) is 13.4. The fourth-order valence-corrected chi connectivity index (χ4v) is 3.24. The van der Waals surface area contributed by atoms with Crippen LogP contribution in [0.5, 0.6) is 0 Å². The summed E-state index contributed by atoms with van der Waals surface area (Å²) in [4.78, 5) is 0. The topological polar surface area (TPSA) is 0 Å². The molecule has 0 saturated heterocycles. The third-order valence-corrected chi connectivity index (χ3v) is 4.01. The summed E-state index contributed by atoms with van der Waals surface area (Å²) < 4.78 is 41.9. The number of hydrogen-bond donors (Lipinski definition) is 0. The Labute approximate surface area is 116 Å². The van der Waals surface area contributed by atoms with Crippen LogP contribution in [-0.2, 0) is 0 Å². The average Bonchev–Trinajstić information content (AvgIpc) is 2.12. The number of rotatable bonds is 4. The molecule has 0 nitrogen and oxygen atoms in total.